The van der Waals surface area contributed by atoms with Crippen LogP contribution in [-0.4, -0.2) is 39.6 Å². The maximum atomic E-state index is 11.3. The van der Waals surface area contributed by atoms with Gasteiger partial charge in [-0.15, -0.1) is 11.8 Å². The van der Waals surface area contributed by atoms with Gasteiger partial charge in [0.15, 0.2) is 0 Å². The molecule has 0 aliphatic carbocycles. The van der Waals surface area contributed by atoms with Crippen LogP contribution in [0.15, 0.2) is 23.1 Å². The summed E-state index contributed by atoms with van der Waals surface area (Å²) < 4.78 is 11.1. The monoisotopic (exact) mass is 301 g/mol. The van der Waals surface area contributed by atoms with Gasteiger partial charge in [-0.3, -0.25) is 4.21 Å². The Morgan fingerprint density at radius 1 is 1.53 bits per heavy atom. The van der Waals surface area contributed by atoms with Crippen LogP contribution in [0.3, 0.4) is 0 Å². The fourth-order valence-corrected chi connectivity index (χ4v) is 3.02. The molecular formula is C13H19NO3S2. The highest BCUT2D eigenvalue weighted by Gasteiger charge is 2.16. The Hall–Kier alpha value is -1.01. The zero-order chi connectivity index (χ0) is 14.4. The van der Waals surface area contributed by atoms with E-state index in [0.29, 0.717) is 17.0 Å². The summed E-state index contributed by atoms with van der Waals surface area (Å²) in [5.41, 5.74) is 0.924. The van der Waals surface area contributed by atoms with Crippen LogP contribution >= 0.6 is 11.8 Å². The van der Waals surface area contributed by atoms with Gasteiger partial charge >= 0.3 is 5.97 Å². The van der Waals surface area contributed by atoms with Gasteiger partial charge in [-0.05, 0) is 31.7 Å². The molecular weight excluding hydrogens is 282 g/mol. The van der Waals surface area contributed by atoms with Crippen LogP contribution in [0, 0.1) is 0 Å². The van der Waals surface area contributed by atoms with Crippen molar-refractivity contribution in [2.24, 2.45) is 0 Å². The van der Waals surface area contributed by atoms with Crippen molar-refractivity contribution < 1.29 is 14.1 Å². The van der Waals surface area contributed by atoms with E-state index in [0.717, 1.165) is 11.3 Å². The van der Waals surface area contributed by atoms with Gasteiger partial charge in [0.05, 0.1) is 11.3 Å². The number of hydrogen-bond donors (Lipinski definition) is 2. The van der Waals surface area contributed by atoms with Crippen molar-refractivity contribution in [3.05, 3.63) is 23.8 Å². The molecule has 0 radical (unpaired) electrons. The van der Waals surface area contributed by atoms with Gasteiger partial charge in [0, 0.05) is 33.7 Å². The molecule has 0 aliphatic rings. The van der Waals surface area contributed by atoms with Crippen LogP contribution in [0.1, 0.15) is 23.7 Å². The second-order valence-electron chi connectivity index (χ2n) is 4.30. The van der Waals surface area contributed by atoms with E-state index >= 15 is 0 Å². The number of anilines is 1. The standard InChI is InChI=1S/C13H19NO3S2/c1-9(7-8-19(3)17)14-10-5-4-6-11(18-2)12(10)13(15)16/h4-6,9,14H,7-8H2,1-3H3,(H,15,16). The fraction of sp³-hybridized carbons (Fsp3) is 0.462. The van der Waals surface area contributed by atoms with E-state index in [1.54, 1.807) is 18.4 Å². The number of rotatable bonds is 7. The average Bonchev–Trinajstić information content (AvgIpc) is 2.35. The van der Waals surface area contributed by atoms with E-state index in [9.17, 15) is 14.1 Å². The fourth-order valence-electron chi connectivity index (χ4n) is 1.72. The first-order valence-electron chi connectivity index (χ1n) is 5.92. The third-order valence-electron chi connectivity index (χ3n) is 2.70. The summed E-state index contributed by atoms with van der Waals surface area (Å²) in [6.45, 7) is 1.96. The lowest BCUT2D eigenvalue weighted by Crippen LogP contribution is -2.20. The Balaban J connectivity index is 2.88. The van der Waals surface area contributed by atoms with Gasteiger partial charge in [-0.1, -0.05) is 6.07 Å². The van der Waals surface area contributed by atoms with Crippen molar-refractivity contribution in [1.29, 1.82) is 0 Å². The van der Waals surface area contributed by atoms with Crippen LogP contribution < -0.4 is 5.32 Å². The van der Waals surface area contributed by atoms with E-state index in [1.165, 1.54) is 11.8 Å². The number of hydrogen-bond acceptors (Lipinski definition) is 4. The molecule has 106 valence electrons. The average molecular weight is 301 g/mol. The van der Waals surface area contributed by atoms with Crippen molar-refractivity contribution in [1.82, 2.24) is 0 Å². The zero-order valence-corrected chi connectivity index (χ0v) is 12.9. The van der Waals surface area contributed by atoms with Gasteiger partial charge in [0.25, 0.3) is 0 Å². The van der Waals surface area contributed by atoms with E-state index < -0.39 is 16.8 Å². The summed E-state index contributed by atoms with van der Waals surface area (Å²) in [5, 5.41) is 12.5. The molecule has 0 bridgehead atoms. The van der Waals surface area contributed by atoms with Gasteiger partial charge in [-0.25, -0.2) is 4.79 Å². The maximum absolute atomic E-state index is 11.3. The molecule has 0 saturated heterocycles. The summed E-state index contributed by atoms with van der Waals surface area (Å²) in [5.74, 6) is -0.322. The molecule has 1 aromatic rings. The first-order chi connectivity index (χ1) is 8.95. The van der Waals surface area contributed by atoms with Crippen LogP contribution in [0.4, 0.5) is 5.69 Å². The zero-order valence-electron chi connectivity index (χ0n) is 11.3. The number of aromatic carboxylic acids is 1. The number of carbonyl (C=O) groups is 1. The molecule has 0 saturated carbocycles. The minimum absolute atomic E-state index is 0.0825. The second kappa shape index (κ2) is 7.55. The highest BCUT2D eigenvalue weighted by Crippen LogP contribution is 2.27. The number of benzene rings is 1. The summed E-state index contributed by atoms with van der Waals surface area (Å²) in [6, 6.07) is 5.48. The molecule has 0 spiro atoms. The molecule has 0 fully saturated rings. The molecule has 0 aromatic heterocycles. The van der Waals surface area contributed by atoms with E-state index in [-0.39, 0.29) is 6.04 Å². The molecule has 2 N–H and O–H groups in total. The van der Waals surface area contributed by atoms with E-state index in [1.807, 2.05) is 19.2 Å². The Labute approximate surface area is 120 Å². The molecule has 0 heterocycles. The molecule has 2 atom stereocenters. The first kappa shape index (κ1) is 16.0. The van der Waals surface area contributed by atoms with Crippen molar-refractivity contribution in [3.63, 3.8) is 0 Å². The van der Waals surface area contributed by atoms with Gasteiger partial charge in [0.2, 0.25) is 0 Å². The number of nitrogens with one attached hydrogen (secondary N) is 1. The molecule has 1 aromatic carbocycles. The number of carboxylic acids is 1. The molecule has 0 aliphatic heterocycles. The minimum atomic E-state index is -0.932. The van der Waals surface area contributed by atoms with Crippen LogP contribution in [0.25, 0.3) is 0 Å². The quantitative estimate of drug-likeness (QED) is 0.758. The highest BCUT2D eigenvalue weighted by atomic mass is 32.2. The largest absolute Gasteiger partial charge is 0.478 e. The van der Waals surface area contributed by atoms with Crippen LogP contribution in [-0.2, 0) is 10.8 Å². The van der Waals surface area contributed by atoms with Crippen LogP contribution in [0.5, 0.6) is 0 Å². The SMILES string of the molecule is CSc1cccc(NC(C)CCS(C)=O)c1C(=O)O. The molecule has 2 unspecified atom stereocenters. The lowest BCUT2D eigenvalue weighted by molar-refractivity contribution is 0.0694. The number of carboxylic acid groups (broad SMARTS) is 1. The normalized spacial score (nSPS) is 13.8. The molecule has 1 rings (SSSR count). The predicted octanol–water partition coefficient (Wildman–Crippen LogP) is 2.68. The highest BCUT2D eigenvalue weighted by molar-refractivity contribution is 7.98. The lowest BCUT2D eigenvalue weighted by Gasteiger charge is -2.17. The lowest BCUT2D eigenvalue weighted by atomic mass is 10.1. The second-order valence-corrected chi connectivity index (χ2v) is 6.70. The van der Waals surface area contributed by atoms with Gasteiger partial charge in [-0.2, -0.15) is 0 Å². The van der Waals surface area contributed by atoms with Crippen molar-refractivity contribution in [3.8, 4) is 0 Å². The van der Waals surface area contributed by atoms with Gasteiger partial charge in [0.1, 0.15) is 0 Å². The van der Waals surface area contributed by atoms with Gasteiger partial charge < -0.3 is 10.4 Å². The summed E-state index contributed by atoms with van der Waals surface area (Å²) in [4.78, 5) is 12.1. The molecule has 0 amide bonds. The smallest absolute Gasteiger partial charge is 0.338 e. The Bertz CT molecular complexity index is 477. The van der Waals surface area contributed by atoms with E-state index in [4.69, 9.17) is 0 Å². The maximum Gasteiger partial charge on any atom is 0.338 e. The minimum Gasteiger partial charge on any atom is -0.478 e. The third-order valence-corrected chi connectivity index (χ3v) is 4.29. The first-order valence-corrected chi connectivity index (χ1v) is 8.87. The Morgan fingerprint density at radius 3 is 2.74 bits per heavy atom. The summed E-state index contributed by atoms with van der Waals surface area (Å²) in [6.07, 6.45) is 4.27. The molecule has 4 nitrogen and oxygen atoms in total. The van der Waals surface area contributed by atoms with Crippen molar-refractivity contribution in [2.75, 3.05) is 23.6 Å². The predicted molar refractivity (Wildman–Crippen MR) is 81.8 cm³/mol. The third kappa shape index (κ3) is 4.87. The molecule has 19 heavy (non-hydrogen) atoms. The summed E-state index contributed by atoms with van der Waals surface area (Å²) in [7, 11) is -0.825. The Morgan fingerprint density at radius 2 is 2.21 bits per heavy atom. The van der Waals surface area contributed by atoms with Crippen molar-refractivity contribution in [2.45, 2.75) is 24.3 Å². The number of thioether (sulfide) groups is 1. The van der Waals surface area contributed by atoms with E-state index in [2.05, 4.69) is 5.32 Å². The summed E-state index contributed by atoms with van der Waals surface area (Å²) >= 11 is 1.41. The van der Waals surface area contributed by atoms with Crippen LogP contribution in [0.2, 0.25) is 0 Å². The van der Waals surface area contributed by atoms with Crippen molar-refractivity contribution >= 4 is 34.2 Å². The topological polar surface area (TPSA) is 66.4 Å². The molecule has 6 heteroatoms. The Kier molecular flexibility index (Phi) is 6.37.